The summed E-state index contributed by atoms with van der Waals surface area (Å²) in [5.74, 6) is 0.878. The summed E-state index contributed by atoms with van der Waals surface area (Å²) in [6.45, 7) is 13.8. The molecule has 4 heteroatoms. The second-order valence-electron chi connectivity index (χ2n) is 6.66. The molecule has 0 radical (unpaired) electrons. The van der Waals surface area contributed by atoms with Crippen molar-refractivity contribution < 1.29 is 9.84 Å². The summed E-state index contributed by atoms with van der Waals surface area (Å²) in [5.41, 5.74) is 2.29. The maximum absolute atomic E-state index is 10.2. The van der Waals surface area contributed by atoms with Gasteiger partial charge in [0.15, 0.2) is 0 Å². The number of rotatable bonds is 6. The highest BCUT2D eigenvalue weighted by Gasteiger charge is 2.20. The smallest absolute Gasteiger partial charge is 0.122 e. The lowest BCUT2D eigenvalue weighted by Crippen LogP contribution is -2.51. The molecule has 0 aromatic heterocycles. The van der Waals surface area contributed by atoms with Crippen molar-refractivity contribution in [2.24, 2.45) is 0 Å². The van der Waals surface area contributed by atoms with Crippen LogP contribution in [0.1, 0.15) is 25.0 Å². The van der Waals surface area contributed by atoms with Crippen LogP contribution in [0.15, 0.2) is 18.2 Å². The van der Waals surface area contributed by atoms with Crippen molar-refractivity contribution in [3.8, 4) is 5.75 Å². The first-order chi connectivity index (χ1) is 10.5. The number of hydrogen-bond acceptors (Lipinski definition) is 4. The molecular weight excluding hydrogens is 276 g/mol. The molecule has 1 aliphatic heterocycles. The third-order valence-corrected chi connectivity index (χ3v) is 4.38. The van der Waals surface area contributed by atoms with E-state index >= 15 is 0 Å². The number of aliphatic hydroxyl groups excluding tert-OH is 1. The summed E-state index contributed by atoms with van der Waals surface area (Å²) in [6.07, 6.45) is -0.439. The number of hydrogen-bond donors (Lipinski definition) is 1. The van der Waals surface area contributed by atoms with Gasteiger partial charge < -0.3 is 9.84 Å². The lowest BCUT2D eigenvalue weighted by Gasteiger charge is -2.37. The van der Waals surface area contributed by atoms with Gasteiger partial charge in [-0.05, 0) is 44.9 Å². The van der Waals surface area contributed by atoms with Gasteiger partial charge in [-0.2, -0.15) is 0 Å². The van der Waals surface area contributed by atoms with Gasteiger partial charge in [-0.25, -0.2) is 0 Å². The molecule has 0 amide bonds. The van der Waals surface area contributed by atoms with Gasteiger partial charge in [0.1, 0.15) is 18.5 Å². The average molecular weight is 306 g/mol. The summed E-state index contributed by atoms with van der Waals surface area (Å²) < 4.78 is 5.79. The van der Waals surface area contributed by atoms with E-state index in [0.717, 1.165) is 37.5 Å². The minimum atomic E-state index is -0.439. The van der Waals surface area contributed by atoms with Gasteiger partial charge in [0, 0.05) is 38.8 Å². The Hall–Kier alpha value is -1.10. The second kappa shape index (κ2) is 7.95. The van der Waals surface area contributed by atoms with Crippen molar-refractivity contribution in [2.45, 2.75) is 39.8 Å². The van der Waals surface area contributed by atoms with Gasteiger partial charge in [-0.3, -0.25) is 9.80 Å². The zero-order valence-electron chi connectivity index (χ0n) is 14.4. The average Bonchev–Trinajstić information content (AvgIpc) is 2.49. The van der Waals surface area contributed by atoms with Crippen LogP contribution < -0.4 is 4.74 Å². The van der Waals surface area contributed by atoms with Crippen LogP contribution in [0.3, 0.4) is 0 Å². The minimum absolute atomic E-state index is 0.356. The van der Waals surface area contributed by atoms with Gasteiger partial charge in [0.25, 0.3) is 0 Å². The topological polar surface area (TPSA) is 35.9 Å². The van der Waals surface area contributed by atoms with Crippen LogP contribution in [-0.2, 0) is 0 Å². The quantitative estimate of drug-likeness (QED) is 0.873. The Bertz CT molecular complexity index is 468. The van der Waals surface area contributed by atoms with E-state index in [4.69, 9.17) is 4.74 Å². The maximum atomic E-state index is 10.2. The van der Waals surface area contributed by atoms with E-state index in [1.807, 2.05) is 13.0 Å². The summed E-state index contributed by atoms with van der Waals surface area (Å²) in [4.78, 5) is 4.81. The van der Waals surface area contributed by atoms with Gasteiger partial charge in [0.05, 0.1) is 0 Å². The molecule has 1 fully saturated rings. The summed E-state index contributed by atoms with van der Waals surface area (Å²) in [6, 6.07) is 6.78. The Balaban J connectivity index is 1.74. The standard InChI is InChI=1S/C18H30N2O2/c1-14(2)20-9-7-19(8-10-20)12-17(21)13-22-18-11-15(3)5-6-16(18)4/h5-6,11,14,17,21H,7-10,12-13H2,1-4H3. The van der Waals surface area contributed by atoms with Crippen LogP contribution in [-0.4, -0.2) is 66.4 Å². The van der Waals surface area contributed by atoms with Gasteiger partial charge in [-0.15, -0.1) is 0 Å². The van der Waals surface area contributed by atoms with E-state index < -0.39 is 6.10 Å². The van der Waals surface area contributed by atoms with E-state index in [2.05, 4.69) is 42.7 Å². The van der Waals surface area contributed by atoms with E-state index in [0.29, 0.717) is 19.2 Å². The molecule has 0 aliphatic carbocycles. The lowest BCUT2D eigenvalue weighted by molar-refractivity contribution is 0.0399. The van der Waals surface area contributed by atoms with Crippen molar-refractivity contribution in [3.05, 3.63) is 29.3 Å². The summed E-state index contributed by atoms with van der Waals surface area (Å²) >= 11 is 0. The molecule has 1 aromatic carbocycles. The van der Waals surface area contributed by atoms with E-state index in [9.17, 15) is 5.11 Å². The molecule has 1 unspecified atom stereocenters. The number of nitrogens with zero attached hydrogens (tertiary/aromatic N) is 2. The molecule has 22 heavy (non-hydrogen) atoms. The number of β-amino-alcohol motifs (C(OH)–C–C–N with tert-alkyl or cyclic N) is 1. The fourth-order valence-electron chi connectivity index (χ4n) is 2.86. The van der Waals surface area contributed by atoms with Crippen molar-refractivity contribution >= 4 is 0 Å². The Morgan fingerprint density at radius 2 is 1.82 bits per heavy atom. The van der Waals surface area contributed by atoms with E-state index in [1.165, 1.54) is 5.56 Å². The van der Waals surface area contributed by atoms with E-state index in [-0.39, 0.29) is 0 Å². The first kappa shape index (κ1) is 17.3. The zero-order chi connectivity index (χ0) is 16.1. The van der Waals surface area contributed by atoms with Crippen LogP contribution in [0.2, 0.25) is 0 Å². The molecule has 1 atom stereocenters. The highest BCUT2D eigenvalue weighted by atomic mass is 16.5. The Labute approximate surface area is 134 Å². The molecule has 0 spiro atoms. The third-order valence-electron chi connectivity index (χ3n) is 4.38. The Kier molecular flexibility index (Phi) is 6.24. The Morgan fingerprint density at radius 1 is 1.14 bits per heavy atom. The molecule has 1 aromatic rings. The highest BCUT2D eigenvalue weighted by Crippen LogP contribution is 2.19. The van der Waals surface area contributed by atoms with Crippen LogP contribution in [0.4, 0.5) is 0 Å². The van der Waals surface area contributed by atoms with Crippen LogP contribution in [0, 0.1) is 13.8 Å². The number of aryl methyl sites for hydroxylation is 2. The number of benzene rings is 1. The van der Waals surface area contributed by atoms with Gasteiger partial charge >= 0.3 is 0 Å². The Morgan fingerprint density at radius 3 is 2.45 bits per heavy atom. The fourth-order valence-corrected chi connectivity index (χ4v) is 2.86. The SMILES string of the molecule is Cc1ccc(C)c(OCC(O)CN2CCN(C(C)C)CC2)c1. The molecule has 0 saturated carbocycles. The zero-order valence-corrected chi connectivity index (χ0v) is 14.4. The van der Waals surface area contributed by atoms with Crippen molar-refractivity contribution in [1.29, 1.82) is 0 Å². The molecular formula is C18H30N2O2. The molecule has 1 saturated heterocycles. The number of ether oxygens (including phenoxy) is 1. The first-order valence-corrected chi connectivity index (χ1v) is 8.30. The van der Waals surface area contributed by atoms with Crippen LogP contribution in [0.25, 0.3) is 0 Å². The number of aliphatic hydroxyl groups is 1. The highest BCUT2D eigenvalue weighted by molar-refractivity contribution is 5.35. The predicted octanol–water partition coefficient (Wildman–Crippen LogP) is 2.07. The molecule has 1 N–H and O–H groups in total. The monoisotopic (exact) mass is 306 g/mol. The van der Waals surface area contributed by atoms with Crippen molar-refractivity contribution in [3.63, 3.8) is 0 Å². The van der Waals surface area contributed by atoms with E-state index in [1.54, 1.807) is 0 Å². The summed E-state index contributed by atoms with van der Waals surface area (Å²) in [7, 11) is 0. The largest absolute Gasteiger partial charge is 0.491 e. The third kappa shape index (κ3) is 4.97. The second-order valence-corrected chi connectivity index (χ2v) is 6.66. The molecule has 4 nitrogen and oxygen atoms in total. The predicted molar refractivity (Wildman–Crippen MR) is 90.6 cm³/mol. The molecule has 0 bridgehead atoms. The maximum Gasteiger partial charge on any atom is 0.122 e. The number of piperazine rings is 1. The van der Waals surface area contributed by atoms with Crippen molar-refractivity contribution in [1.82, 2.24) is 9.80 Å². The fraction of sp³-hybridized carbons (Fsp3) is 0.667. The summed E-state index contributed by atoms with van der Waals surface area (Å²) in [5, 5.41) is 10.2. The normalized spacial score (nSPS) is 18.6. The van der Waals surface area contributed by atoms with Gasteiger partial charge in [-0.1, -0.05) is 12.1 Å². The van der Waals surface area contributed by atoms with Crippen molar-refractivity contribution in [2.75, 3.05) is 39.3 Å². The lowest BCUT2D eigenvalue weighted by atomic mass is 10.1. The minimum Gasteiger partial charge on any atom is -0.491 e. The first-order valence-electron chi connectivity index (χ1n) is 8.30. The molecule has 2 rings (SSSR count). The van der Waals surface area contributed by atoms with Crippen LogP contribution in [0.5, 0.6) is 5.75 Å². The molecule has 1 aliphatic rings. The molecule has 1 heterocycles. The van der Waals surface area contributed by atoms with Crippen LogP contribution >= 0.6 is 0 Å². The van der Waals surface area contributed by atoms with Gasteiger partial charge in [0.2, 0.25) is 0 Å². The molecule has 124 valence electrons.